The number of unbranched alkanes of at least 4 members (excludes halogenated alkanes) is 1. The molecule has 0 aliphatic carbocycles. The van der Waals surface area contributed by atoms with Crippen LogP contribution in [0.3, 0.4) is 0 Å². The summed E-state index contributed by atoms with van der Waals surface area (Å²) in [4.78, 5) is 9.84. The van der Waals surface area contributed by atoms with Crippen LogP contribution in [0.1, 0.15) is 40.0 Å². The van der Waals surface area contributed by atoms with Gasteiger partial charge < -0.3 is 24.8 Å². The normalized spacial score (nSPS) is 10.3. The van der Waals surface area contributed by atoms with Crippen molar-refractivity contribution in [3.63, 3.8) is 0 Å². The molecule has 0 aromatic rings. The van der Waals surface area contributed by atoms with Gasteiger partial charge in [0.25, 0.3) is 0 Å². The summed E-state index contributed by atoms with van der Waals surface area (Å²) in [5.74, 6) is -2.53. The minimum atomic E-state index is -2.53. The molecule has 0 bridgehead atoms. The molecule has 0 spiro atoms. The van der Waals surface area contributed by atoms with E-state index in [1.807, 2.05) is 20.8 Å². The first kappa shape index (κ1) is 17.5. The Morgan fingerprint density at radius 2 is 1.69 bits per heavy atom. The van der Waals surface area contributed by atoms with Gasteiger partial charge >= 0.3 is 12.1 Å². The predicted octanol–water partition coefficient (Wildman–Crippen LogP) is 1.55. The zero-order valence-corrected chi connectivity index (χ0v) is 10.1. The third kappa shape index (κ3) is 15.6. The summed E-state index contributed by atoms with van der Waals surface area (Å²) < 4.78 is 8.60. The fourth-order valence-electron chi connectivity index (χ4n) is 0.802. The van der Waals surface area contributed by atoms with E-state index in [9.17, 15) is 4.79 Å². The fourth-order valence-corrected chi connectivity index (χ4v) is 0.802. The van der Waals surface area contributed by atoms with E-state index in [2.05, 4.69) is 4.74 Å². The second kappa shape index (κ2) is 10.7. The first-order valence-corrected chi connectivity index (χ1v) is 5.34. The summed E-state index contributed by atoms with van der Waals surface area (Å²) in [5.41, 5.74) is 0. The zero-order chi connectivity index (χ0) is 13.0. The Morgan fingerprint density at radius 1 is 1.19 bits per heavy atom. The summed E-state index contributed by atoms with van der Waals surface area (Å²) in [5, 5.41) is 25.5. The lowest BCUT2D eigenvalue weighted by Crippen LogP contribution is -2.33. The van der Waals surface area contributed by atoms with Crippen LogP contribution in [0.25, 0.3) is 0 Å². The topological polar surface area (TPSA) is 96.2 Å². The molecular formula is C10H22O6. The van der Waals surface area contributed by atoms with E-state index in [1.165, 1.54) is 0 Å². The van der Waals surface area contributed by atoms with Crippen LogP contribution in [-0.2, 0) is 9.47 Å². The number of hydrogen-bond acceptors (Lipinski definition) is 5. The van der Waals surface area contributed by atoms with Crippen molar-refractivity contribution in [1.82, 2.24) is 0 Å². The number of carboxylic acid groups (broad SMARTS) is 1. The summed E-state index contributed by atoms with van der Waals surface area (Å²) in [6.45, 7) is 7.51. The standard InChI is InChI=1S/C6H12O5.C4H10O/c1-2-3-4-6(9,10)11-5(7)8;1-3-5-4-2/h9-10H,2-4H2,1H3,(H,7,8);3-4H2,1-2H3. The van der Waals surface area contributed by atoms with Crippen LogP contribution in [0.4, 0.5) is 4.79 Å². The highest BCUT2D eigenvalue weighted by molar-refractivity contribution is 5.57. The van der Waals surface area contributed by atoms with Gasteiger partial charge in [0.1, 0.15) is 0 Å². The number of rotatable bonds is 6. The van der Waals surface area contributed by atoms with E-state index < -0.39 is 12.1 Å². The lowest BCUT2D eigenvalue weighted by Gasteiger charge is -2.18. The Balaban J connectivity index is 0. The number of aliphatic hydroxyl groups is 2. The zero-order valence-electron chi connectivity index (χ0n) is 10.1. The Morgan fingerprint density at radius 3 is 1.94 bits per heavy atom. The molecule has 6 heteroatoms. The van der Waals surface area contributed by atoms with Crippen LogP contribution in [-0.4, -0.2) is 40.7 Å². The highest BCUT2D eigenvalue weighted by Crippen LogP contribution is 2.11. The Kier molecular flexibility index (Phi) is 11.7. The van der Waals surface area contributed by atoms with Crippen molar-refractivity contribution in [2.75, 3.05) is 13.2 Å². The second-order valence-corrected chi connectivity index (χ2v) is 3.00. The third-order valence-electron chi connectivity index (χ3n) is 1.52. The Bertz CT molecular complexity index is 167. The molecule has 0 amide bonds. The van der Waals surface area contributed by atoms with Gasteiger partial charge in [-0.15, -0.1) is 0 Å². The summed E-state index contributed by atoms with van der Waals surface area (Å²) >= 11 is 0. The van der Waals surface area contributed by atoms with Crippen molar-refractivity contribution in [2.24, 2.45) is 0 Å². The average Bonchev–Trinajstić information content (AvgIpc) is 2.15. The van der Waals surface area contributed by atoms with Crippen LogP contribution in [0.2, 0.25) is 0 Å². The van der Waals surface area contributed by atoms with Crippen molar-refractivity contribution >= 4 is 6.16 Å². The number of carbonyl (C=O) groups is 1. The van der Waals surface area contributed by atoms with Crippen LogP contribution in [0.5, 0.6) is 0 Å². The van der Waals surface area contributed by atoms with Gasteiger partial charge in [0.15, 0.2) is 0 Å². The largest absolute Gasteiger partial charge is 0.510 e. The molecule has 0 aromatic carbocycles. The quantitative estimate of drug-likeness (QED) is 0.480. The number of ether oxygens (including phenoxy) is 2. The van der Waals surface area contributed by atoms with Gasteiger partial charge in [-0.25, -0.2) is 4.79 Å². The molecule has 0 radical (unpaired) electrons. The van der Waals surface area contributed by atoms with Crippen LogP contribution in [0, 0.1) is 0 Å². The highest BCUT2D eigenvalue weighted by atomic mass is 16.8. The fraction of sp³-hybridized carbons (Fsp3) is 0.900. The van der Waals surface area contributed by atoms with Crippen molar-refractivity contribution in [3.8, 4) is 0 Å². The molecule has 98 valence electrons. The maximum atomic E-state index is 9.84. The monoisotopic (exact) mass is 238 g/mol. The van der Waals surface area contributed by atoms with Crippen LogP contribution in [0.15, 0.2) is 0 Å². The SMILES string of the molecule is CCCCC(O)(O)OC(=O)O.CCOCC. The van der Waals surface area contributed by atoms with Crippen LogP contribution >= 0.6 is 0 Å². The molecule has 0 unspecified atom stereocenters. The van der Waals surface area contributed by atoms with Crippen molar-refractivity contribution in [1.29, 1.82) is 0 Å². The second-order valence-electron chi connectivity index (χ2n) is 3.00. The molecule has 0 fully saturated rings. The van der Waals surface area contributed by atoms with Crippen LogP contribution < -0.4 is 0 Å². The van der Waals surface area contributed by atoms with Crippen molar-refractivity contribution in [2.45, 2.75) is 46.0 Å². The Hall–Kier alpha value is -0.850. The molecule has 0 rings (SSSR count). The molecule has 0 atom stereocenters. The molecule has 0 aliphatic heterocycles. The van der Waals surface area contributed by atoms with E-state index in [4.69, 9.17) is 20.1 Å². The molecule has 0 heterocycles. The minimum absolute atomic E-state index is 0.101. The predicted molar refractivity (Wildman–Crippen MR) is 58.0 cm³/mol. The summed E-state index contributed by atoms with van der Waals surface area (Å²) in [6, 6.07) is 0. The van der Waals surface area contributed by atoms with E-state index >= 15 is 0 Å². The molecular weight excluding hydrogens is 216 g/mol. The molecule has 0 saturated carbocycles. The van der Waals surface area contributed by atoms with Gasteiger partial charge in [-0.3, -0.25) is 0 Å². The van der Waals surface area contributed by atoms with Gasteiger partial charge in [-0.1, -0.05) is 13.3 Å². The minimum Gasteiger partial charge on any atom is -0.450 e. The van der Waals surface area contributed by atoms with E-state index in [-0.39, 0.29) is 6.42 Å². The first-order chi connectivity index (χ1) is 7.39. The molecule has 0 aromatic heterocycles. The Labute approximate surface area is 95.8 Å². The lowest BCUT2D eigenvalue weighted by molar-refractivity contribution is -0.315. The molecule has 6 nitrogen and oxygen atoms in total. The highest BCUT2D eigenvalue weighted by Gasteiger charge is 2.27. The lowest BCUT2D eigenvalue weighted by atomic mass is 10.2. The molecule has 0 aliphatic rings. The van der Waals surface area contributed by atoms with Gasteiger partial charge in [0, 0.05) is 19.6 Å². The van der Waals surface area contributed by atoms with Crippen molar-refractivity contribution in [3.05, 3.63) is 0 Å². The summed E-state index contributed by atoms with van der Waals surface area (Å²) in [6.07, 6.45) is -0.548. The molecule has 16 heavy (non-hydrogen) atoms. The van der Waals surface area contributed by atoms with E-state index in [0.29, 0.717) is 6.42 Å². The van der Waals surface area contributed by atoms with E-state index in [1.54, 1.807) is 0 Å². The molecule has 0 saturated heterocycles. The third-order valence-corrected chi connectivity index (χ3v) is 1.52. The van der Waals surface area contributed by atoms with Gasteiger partial charge in [-0.05, 0) is 20.3 Å². The molecule has 3 N–H and O–H groups in total. The number of hydrogen-bond donors (Lipinski definition) is 3. The van der Waals surface area contributed by atoms with Gasteiger partial charge in [-0.2, -0.15) is 0 Å². The van der Waals surface area contributed by atoms with E-state index in [0.717, 1.165) is 19.6 Å². The maximum Gasteiger partial charge on any atom is 0.510 e. The average molecular weight is 238 g/mol. The van der Waals surface area contributed by atoms with Gasteiger partial charge in [0.05, 0.1) is 0 Å². The summed E-state index contributed by atoms with van der Waals surface area (Å²) in [7, 11) is 0. The van der Waals surface area contributed by atoms with Gasteiger partial charge in [0.2, 0.25) is 0 Å². The smallest absolute Gasteiger partial charge is 0.450 e. The maximum absolute atomic E-state index is 9.84. The first-order valence-electron chi connectivity index (χ1n) is 5.34. The van der Waals surface area contributed by atoms with Crippen molar-refractivity contribution < 1.29 is 29.6 Å².